The highest BCUT2D eigenvalue weighted by Crippen LogP contribution is 2.49. The van der Waals surface area contributed by atoms with Crippen LogP contribution in [0.15, 0.2) is 42.5 Å². The van der Waals surface area contributed by atoms with Gasteiger partial charge in [0.15, 0.2) is 0 Å². The van der Waals surface area contributed by atoms with Crippen molar-refractivity contribution in [3.8, 4) is 0 Å². The number of nitrogens with zero attached hydrogens (tertiary/aromatic N) is 2. The Kier molecular flexibility index (Phi) is 3.93. The fourth-order valence-corrected chi connectivity index (χ4v) is 4.18. The molecule has 2 N–H and O–H groups in total. The van der Waals surface area contributed by atoms with E-state index in [4.69, 9.17) is 0 Å². The number of carbonyl (C=O) groups excluding carboxylic acids is 2. The van der Waals surface area contributed by atoms with Crippen LogP contribution in [0.4, 0.5) is 11.4 Å². The molecule has 0 saturated heterocycles. The standard InChI is InChI=1S/C22H22N4O2/c1-26-19-7-3-2-6-15(19)21(25-26)16-12-17(16)22(28)23-14-10-9-13-5-4-8-20(27)24-18(13)11-14/h2-3,6-7,9-11,16-17H,4-5,8,12H2,1H3,(H,23,28)(H,24,27)/t16-,17-/m1/s1. The molecule has 0 bridgehead atoms. The Morgan fingerprint density at radius 2 is 2.07 bits per heavy atom. The predicted octanol–water partition coefficient (Wildman–Crippen LogP) is 3.59. The number of rotatable bonds is 3. The zero-order chi connectivity index (χ0) is 19.3. The first-order valence-corrected chi connectivity index (χ1v) is 9.75. The van der Waals surface area contributed by atoms with Crippen molar-refractivity contribution in [3.05, 3.63) is 53.7 Å². The monoisotopic (exact) mass is 374 g/mol. The van der Waals surface area contributed by atoms with Crippen LogP contribution in [0, 0.1) is 5.92 Å². The van der Waals surface area contributed by atoms with Gasteiger partial charge in [0.25, 0.3) is 0 Å². The van der Waals surface area contributed by atoms with Gasteiger partial charge in [0.05, 0.1) is 11.2 Å². The number of anilines is 2. The Bertz CT molecular complexity index is 1100. The summed E-state index contributed by atoms with van der Waals surface area (Å²) in [5, 5.41) is 11.7. The second-order valence-corrected chi connectivity index (χ2v) is 7.74. The van der Waals surface area contributed by atoms with Crippen LogP contribution >= 0.6 is 0 Å². The number of hydrogen-bond donors (Lipinski definition) is 2. The molecule has 2 amide bonds. The molecular weight excluding hydrogens is 352 g/mol. The average Bonchev–Trinajstić information content (AvgIpc) is 3.44. The maximum Gasteiger partial charge on any atom is 0.228 e. The van der Waals surface area contributed by atoms with E-state index in [1.165, 1.54) is 0 Å². The number of amides is 2. The first-order chi connectivity index (χ1) is 13.6. The summed E-state index contributed by atoms with van der Waals surface area (Å²) >= 11 is 0. The smallest absolute Gasteiger partial charge is 0.228 e. The van der Waals surface area contributed by atoms with Gasteiger partial charge in [0.2, 0.25) is 11.8 Å². The molecule has 2 aliphatic rings. The van der Waals surface area contributed by atoms with Gasteiger partial charge >= 0.3 is 0 Å². The lowest BCUT2D eigenvalue weighted by Gasteiger charge is -2.10. The number of para-hydroxylation sites is 1. The number of nitrogens with one attached hydrogen (secondary N) is 2. The van der Waals surface area contributed by atoms with Crippen molar-refractivity contribution in [2.75, 3.05) is 10.6 Å². The third kappa shape index (κ3) is 2.95. The lowest BCUT2D eigenvalue weighted by molar-refractivity contribution is -0.117. The van der Waals surface area contributed by atoms with Gasteiger partial charge in [0, 0.05) is 42.1 Å². The molecule has 1 fully saturated rings. The third-order valence-corrected chi connectivity index (χ3v) is 5.77. The Morgan fingerprint density at radius 1 is 1.21 bits per heavy atom. The highest BCUT2D eigenvalue weighted by Gasteiger charge is 2.46. The minimum absolute atomic E-state index is 0.0135. The number of aromatic nitrogens is 2. The number of hydrogen-bond acceptors (Lipinski definition) is 3. The second kappa shape index (κ2) is 6.48. The third-order valence-electron chi connectivity index (χ3n) is 5.77. The minimum atomic E-state index is -0.0632. The Hall–Kier alpha value is -3.15. The first-order valence-electron chi connectivity index (χ1n) is 9.75. The molecule has 0 unspecified atom stereocenters. The summed E-state index contributed by atoms with van der Waals surface area (Å²) in [6, 6.07) is 13.9. The van der Waals surface area contributed by atoms with Crippen molar-refractivity contribution >= 4 is 34.1 Å². The van der Waals surface area contributed by atoms with Gasteiger partial charge in [-0.2, -0.15) is 5.10 Å². The zero-order valence-electron chi connectivity index (χ0n) is 15.7. The van der Waals surface area contributed by atoms with Crippen LogP contribution in [0.25, 0.3) is 10.9 Å². The normalized spacial score (nSPS) is 21.0. The molecular formula is C22H22N4O2. The number of carbonyl (C=O) groups is 2. The van der Waals surface area contributed by atoms with Gasteiger partial charge in [-0.3, -0.25) is 14.3 Å². The van der Waals surface area contributed by atoms with E-state index in [0.717, 1.165) is 52.8 Å². The van der Waals surface area contributed by atoms with Crippen LogP contribution < -0.4 is 10.6 Å². The Labute approximate surface area is 162 Å². The van der Waals surface area contributed by atoms with Crippen LogP contribution in [0.3, 0.4) is 0 Å². The molecule has 5 rings (SSSR count). The largest absolute Gasteiger partial charge is 0.326 e. The van der Waals surface area contributed by atoms with Gasteiger partial charge in [-0.1, -0.05) is 24.3 Å². The molecule has 2 atom stereocenters. The fraction of sp³-hybridized carbons (Fsp3) is 0.318. The molecule has 1 aliphatic heterocycles. The van der Waals surface area contributed by atoms with E-state index in [0.29, 0.717) is 6.42 Å². The van der Waals surface area contributed by atoms with E-state index in [9.17, 15) is 9.59 Å². The van der Waals surface area contributed by atoms with E-state index in [1.807, 2.05) is 48.1 Å². The molecule has 6 heteroatoms. The van der Waals surface area contributed by atoms with Gasteiger partial charge < -0.3 is 10.6 Å². The topological polar surface area (TPSA) is 76.0 Å². The number of fused-ring (bicyclic) bond motifs is 2. The van der Waals surface area contributed by atoms with Crippen LogP contribution in [-0.2, 0) is 23.1 Å². The van der Waals surface area contributed by atoms with Crippen LogP contribution in [0.2, 0.25) is 0 Å². The summed E-state index contributed by atoms with van der Waals surface area (Å²) in [5.41, 5.74) is 4.75. The highest BCUT2D eigenvalue weighted by atomic mass is 16.2. The summed E-state index contributed by atoms with van der Waals surface area (Å²) in [6.45, 7) is 0. The summed E-state index contributed by atoms with van der Waals surface area (Å²) in [4.78, 5) is 24.6. The second-order valence-electron chi connectivity index (χ2n) is 7.74. The molecule has 1 aliphatic carbocycles. The average molecular weight is 374 g/mol. The molecule has 28 heavy (non-hydrogen) atoms. The lowest BCUT2D eigenvalue weighted by atomic mass is 10.1. The van der Waals surface area contributed by atoms with Crippen molar-refractivity contribution in [2.24, 2.45) is 13.0 Å². The molecule has 2 heterocycles. The molecule has 0 radical (unpaired) electrons. The van der Waals surface area contributed by atoms with E-state index in [-0.39, 0.29) is 23.7 Å². The molecule has 6 nitrogen and oxygen atoms in total. The van der Waals surface area contributed by atoms with Crippen LogP contribution in [0.5, 0.6) is 0 Å². The summed E-state index contributed by atoms with van der Waals surface area (Å²) < 4.78 is 1.88. The van der Waals surface area contributed by atoms with Crippen molar-refractivity contribution in [1.29, 1.82) is 0 Å². The van der Waals surface area contributed by atoms with Crippen molar-refractivity contribution < 1.29 is 9.59 Å². The fourth-order valence-electron chi connectivity index (χ4n) is 4.18. The van der Waals surface area contributed by atoms with Crippen LogP contribution in [-0.4, -0.2) is 21.6 Å². The highest BCUT2D eigenvalue weighted by molar-refractivity contribution is 5.98. The summed E-state index contributed by atoms with van der Waals surface area (Å²) in [6.07, 6.45) is 3.08. The SMILES string of the molecule is Cn1nc([C@@H]2C[C@H]2C(=O)Nc2ccc3c(c2)NC(=O)CCC3)c2ccccc21. The Balaban J connectivity index is 1.33. The van der Waals surface area contributed by atoms with Gasteiger partial charge in [-0.15, -0.1) is 0 Å². The van der Waals surface area contributed by atoms with Crippen molar-refractivity contribution in [3.63, 3.8) is 0 Å². The van der Waals surface area contributed by atoms with Crippen molar-refractivity contribution in [2.45, 2.75) is 31.6 Å². The van der Waals surface area contributed by atoms with Crippen molar-refractivity contribution in [1.82, 2.24) is 9.78 Å². The molecule has 3 aromatic rings. The number of aryl methyl sites for hydroxylation is 2. The Morgan fingerprint density at radius 3 is 2.96 bits per heavy atom. The number of benzene rings is 2. The summed E-state index contributed by atoms with van der Waals surface area (Å²) in [5.74, 6) is 0.143. The van der Waals surface area contributed by atoms with E-state index >= 15 is 0 Å². The predicted molar refractivity (Wildman–Crippen MR) is 108 cm³/mol. The van der Waals surface area contributed by atoms with Gasteiger partial charge in [-0.25, -0.2) is 0 Å². The quantitative estimate of drug-likeness (QED) is 0.736. The summed E-state index contributed by atoms with van der Waals surface area (Å²) in [7, 11) is 1.94. The van der Waals surface area contributed by atoms with E-state index in [2.05, 4.69) is 21.8 Å². The van der Waals surface area contributed by atoms with E-state index < -0.39 is 0 Å². The van der Waals surface area contributed by atoms with Crippen LogP contribution in [0.1, 0.15) is 36.4 Å². The lowest BCUT2D eigenvalue weighted by Crippen LogP contribution is -2.15. The minimum Gasteiger partial charge on any atom is -0.326 e. The zero-order valence-corrected chi connectivity index (χ0v) is 15.7. The van der Waals surface area contributed by atoms with Gasteiger partial charge in [0.1, 0.15) is 0 Å². The van der Waals surface area contributed by atoms with E-state index in [1.54, 1.807) is 0 Å². The first kappa shape index (κ1) is 17.0. The molecule has 2 aromatic carbocycles. The molecule has 142 valence electrons. The molecule has 1 saturated carbocycles. The molecule has 0 spiro atoms. The maximum absolute atomic E-state index is 12.8. The maximum atomic E-state index is 12.8. The van der Waals surface area contributed by atoms with Gasteiger partial charge in [-0.05, 0) is 43.0 Å². The molecule has 1 aromatic heterocycles.